The van der Waals surface area contributed by atoms with Crippen LogP contribution in [0.3, 0.4) is 0 Å². The van der Waals surface area contributed by atoms with Gasteiger partial charge in [-0.1, -0.05) is 18.2 Å². The van der Waals surface area contributed by atoms with Gasteiger partial charge in [-0.05, 0) is 31.4 Å². The minimum atomic E-state index is -3.68. The molecule has 1 aromatic rings. The summed E-state index contributed by atoms with van der Waals surface area (Å²) < 4.78 is 27.8. The first kappa shape index (κ1) is 17.3. The Balaban J connectivity index is 1.70. The van der Waals surface area contributed by atoms with Crippen molar-refractivity contribution in [2.24, 2.45) is 0 Å². The van der Waals surface area contributed by atoms with Crippen molar-refractivity contribution in [3.05, 3.63) is 29.8 Å². The Morgan fingerprint density at radius 3 is 2.75 bits per heavy atom. The molecule has 1 saturated heterocycles. The Morgan fingerprint density at radius 1 is 1.29 bits per heavy atom. The zero-order valence-electron chi connectivity index (χ0n) is 13.6. The summed E-state index contributed by atoms with van der Waals surface area (Å²) in [6.45, 7) is 3.22. The van der Waals surface area contributed by atoms with Crippen molar-refractivity contribution < 1.29 is 18.3 Å². The zero-order valence-corrected chi connectivity index (χ0v) is 14.4. The molecule has 0 spiro atoms. The van der Waals surface area contributed by atoms with Crippen LogP contribution in [-0.4, -0.2) is 62.2 Å². The molecule has 3 rings (SSSR count). The van der Waals surface area contributed by atoms with Gasteiger partial charge in [-0.2, -0.15) is 0 Å². The molecule has 1 aromatic carbocycles. The predicted octanol–water partition coefficient (Wildman–Crippen LogP) is -0.403. The fourth-order valence-corrected chi connectivity index (χ4v) is 5.08. The van der Waals surface area contributed by atoms with Gasteiger partial charge in [0.1, 0.15) is 0 Å². The quantitative estimate of drug-likeness (QED) is 0.684. The molecule has 8 heteroatoms. The highest BCUT2D eigenvalue weighted by molar-refractivity contribution is 7.89. The summed E-state index contributed by atoms with van der Waals surface area (Å²) in [5, 5.41) is 13.3. The number of aryl methyl sites for hydroxylation is 1. The maximum atomic E-state index is 12.6. The summed E-state index contributed by atoms with van der Waals surface area (Å²) in [4.78, 5) is 13.7. The van der Waals surface area contributed by atoms with Crippen LogP contribution in [0, 0.1) is 6.92 Å². The first-order valence-electron chi connectivity index (χ1n) is 8.15. The molecule has 7 nitrogen and oxygen atoms in total. The molecule has 0 bridgehead atoms. The molecule has 1 aliphatic heterocycles. The average molecular weight is 353 g/mol. The van der Waals surface area contributed by atoms with E-state index in [1.165, 1.54) is 0 Å². The van der Waals surface area contributed by atoms with Crippen molar-refractivity contribution in [2.75, 3.05) is 19.6 Å². The molecule has 3 N–H and O–H groups in total. The van der Waals surface area contributed by atoms with Crippen LogP contribution in [-0.2, 0) is 14.8 Å². The fraction of sp³-hybridized carbons (Fsp3) is 0.562. The van der Waals surface area contributed by atoms with Crippen molar-refractivity contribution in [1.82, 2.24) is 14.9 Å². The highest BCUT2D eigenvalue weighted by Gasteiger charge is 2.41. The number of nitrogens with one attached hydrogen (secondary N) is 2. The van der Waals surface area contributed by atoms with Crippen LogP contribution in [0.5, 0.6) is 0 Å². The number of carbonyl (C=O) groups is 1. The maximum Gasteiger partial charge on any atom is 0.241 e. The highest BCUT2D eigenvalue weighted by atomic mass is 32.2. The van der Waals surface area contributed by atoms with Crippen LogP contribution in [0.25, 0.3) is 0 Å². The van der Waals surface area contributed by atoms with E-state index in [1.807, 2.05) is 4.90 Å². The van der Waals surface area contributed by atoms with E-state index >= 15 is 0 Å². The van der Waals surface area contributed by atoms with Crippen LogP contribution in [0.4, 0.5) is 0 Å². The Kier molecular flexibility index (Phi) is 4.91. The number of aliphatic hydroxyl groups excluding tert-OH is 1. The van der Waals surface area contributed by atoms with Crippen LogP contribution >= 0.6 is 0 Å². The second-order valence-corrected chi connectivity index (χ2v) is 8.13. The van der Waals surface area contributed by atoms with Crippen molar-refractivity contribution in [3.63, 3.8) is 0 Å². The number of amides is 1. The molecule has 1 aliphatic carbocycles. The fourth-order valence-electron chi connectivity index (χ4n) is 3.55. The number of hydrogen-bond donors (Lipinski definition) is 3. The molecular formula is C16H23N3O4S. The number of nitrogens with zero attached hydrogens (tertiary/aromatic N) is 1. The van der Waals surface area contributed by atoms with E-state index in [-0.39, 0.29) is 23.4 Å². The van der Waals surface area contributed by atoms with Crippen molar-refractivity contribution >= 4 is 15.9 Å². The zero-order chi connectivity index (χ0) is 17.3. The number of sulfonamides is 1. The standard InChI is InChI=1S/C16H23N3O4S/c1-11-4-2-3-5-14(11)24(22,23)18-12-6-7-13(16(12)21)19-9-8-17-15(20)10-19/h2-5,12-13,16,18,21H,6-10H2,1H3,(H,17,20)/t12-,13-,16-/m1/s1. The molecule has 2 fully saturated rings. The van der Waals surface area contributed by atoms with E-state index < -0.39 is 22.2 Å². The largest absolute Gasteiger partial charge is 0.390 e. The van der Waals surface area contributed by atoms with Crippen molar-refractivity contribution in [2.45, 2.75) is 42.8 Å². The second-order valence-electron chi connectivity index (χ2n) is 6.45. The SMILES string of the molecule is Cc1ccccc1S(=O)(=O)N[C@@H]1CC[C@@H](N2CCNC(=O)C2)[C@@H]1O. The summed E-state index contributed by atoms with van der Waals surface area (Å²) in [6, 6.07) is 6.04. The minimum absolute atomic E-state index is 0.0580. The smallest absolute Gasteiger partial charge is 0.241 e. The van der Waals surface area contributed by atoms with Crippen molar-refractivity contribution in [3.8, 4) is 0 Å². The average Bonchev–Trinajstić information content (AvgIpc) is 2.88. The monoisotopic (exact) mass is 353 g/mol. The van der Waals surface area contributed by atoms with Crippen LogP contribution in [0.15, 0.2) is 29.2 Å². The first-order valence-corrected chi connectivity index (χ1v) is 9.63. The van der Waals surface area contributed by atoms with Gasteiger partial charge in [0.05, 0.1) is 17.5 Å². The van der Waals surface area contributed by atoms with Crippen LogP contribution in [0.1, 0.15) is 18.4 Å². The molecule has 0 aromatic heterocycles. The van der Waals surface area contributed by atoms with Gasteiger partial charge in [0.15, 0.2) is 0 Å². The summed E-state index contributed by atoms with van der Waals surface area (Å²) in [7, 11) is -3.68. The van der Waals surface area contributed by atoms with Gasteiger partial charge in [-0.3, -0.25) is 9.69 Å². The van der Waals surface area contributed by atoms with Gasteiger partial charge >= 0.3 is 0 Å². The topological polar surface area (TPSA) is 98.7 Å². The van der Waals surface area contributed by atoms with Gasteiger partial charge in [0.2, 0.25) is 15.9 Å². The lowest BCUT2D eigenvalue weighted by molar-refractivity contribution is -0.125. The summed E-state index contributed by atoms with van der Waals surface area (Å²) >= 11 is 0. The van der Waals surface area contributed by atoms with Crippen LogP contribution < -0.4 is 10.0 Å². The maximum absolute atomic E-state index is 12.6. The molecule has 0 unspecified atom stereocenters. The number of hydrogen-bond acceptors (Lipinski definition) is 5. The Labute approximate surface area is 142 Å². The first-order chi connectivity index (χ1) is 11.4. The summed E-state index contributed by atoms with van der Waals surface area (Å²) in [5.74, 6) is -0.0580. The summed E-state index contributed by atoms with van der Waals surface area (Å²) in [5.41, 5.74) is 0.668. The highest BCUT2D eigenvalue weighted by Crippen LogP contribution is 2.27. The van der Waals surface area contributed by atoms with E-state index in [1.54, 1.807) is 31.2 Å². The third-order valence-electron chi connectivity index (χ3n) is 4.81. The molecule has 2 aliphatic rings. The molecule has 0 radical (unpaired) electrons. The number of piperazine rings is 1. The third kappa shape index (κ3) is 3.46. The number of carbonyl (C=O) groups excluding carboxylic acids is 1. The second kappa shape index (κ2) is 6.79. The molecule has 1 saturated carbocycles. The van der Waals surface area contributed by atoms with E-state index in [2.05, 4.69) is 10.0 Å². The predicted molar refractivity (Wildman–Crippen MR) is 88.9 cm³/mol. The van der Waals surface area contributed by atoms with E-state index in [4.69, 9.17) is 0 Å². The lowest BCUT2D eigenvalue weighted by Crippen LogP contribution is -2.55. The third-order valence-corrected chi connectivity index (χ3v) is 6.46. The lowest BCUT2D eigenvalue weighted by atomic mass is 10.1. The van der Waals surface area contributed by atoms with Crippen molar-refractivity contribution in [1.29, 1.82) is 0 Å². The molecule has 1 amide bonds. The number of rotatable bonds is 4. The summed E-state index contributed by atoms with van der Waals surface area (Å²) in [6.07, 6.45) is 0.388. The Morgan fingerprint density at radius 2 is 2.04 bits per heavy atom. The number of benzene rings is 1. The number of aliphatic hydroxyl groups is 1. The molecule has 1 heterocycles. The minimum Gasteiger partial charge on any atom is -0.390 e. The van der Waals surface area contributed by atoms with E-state index in [9.17, 15) is 18.3 Å². The van der Waals surface area contributed by atoms with E-state index in [0.717, 1.165) is 0 Å². The van der Waals surface area contributed by atoms with Crippen LogP contribution in [0.2, 0.25) is 0 Å². The Hall–Kier alpha value is -1.48. The van der Waals surface area contributed by atoms with Gasteiger partial charge in [0, 0.05) is 25.2 Å². The van der Waals surface area contributed by atoms with Gasteiger partial charge in [0.25, 0.3) is 0 Å². The molecular weight excluding hydrogens is 330 g/mol. The molecule has 132 valence electrons. The van der Waals surface area contributed by atoms with Gasteiger partial charge in [-0.25, -0.2) is 13.1 Å². The molecule has 3 atom stereocenters. The Bertz CT molecular complexity index is 722. The van der Waals surface area contributed by atoms with Gasteiger partial charge in [-0.15, -0.1) is 0 Å². The normalized spacial score (nSPS) is 28.8. The molecule has 24 heavy (non-hydrogen) atoms. The van der Waals surface area contributed by atoms with E-state index in [0.29, 0.717) is 31.5 Å². The van der Waals surface area contributed by atoms with Gasteiger partial charge < -0.3 is 10.4 Å². The lowest BCUT2D eigenvalue weighted by Gasteiger charge is -2.34.